The maximum atomic E-state index is 13.1. The Morgan fingerprint density at radius 2 is 1.69 bits per heavy atom. The Morgan fingerprint density at radius 3 is 2.07 bits per heavy atom. The topological polar surface area (TPSA) is 27.0 Å². The number of hydrogen-bond donors (Lipinski definition) is 0. The first-order valence-electron chi connectivity index (χ1n) is 13.9. The van der Waals surface area contributed by atoms with E-state index in [0.29, 0.717) is 40.6 Å². The van der Waals surface area contributed by atoms with Crippen molar-refractivity contribution in [2.75, 3.05) is 19.6 Å². The van der Waals surface area contributed by atoms with E-state index in [1.165, 1.54) is 32.4 Å². The maximum Gasteiger partial charge on any atom is 0.416 e. The quantitative estimate of drug-likeness (QED) is 0.319. The van der Waals surface area contributed by atoms with Crippen LogP contribution in [0.25, 0.3) is 0 Å². The first-order chi connectivity index (χ1) is 19.5. The summed E-state index contributed by atoms with van der Waals surface area (Å²) in [5.41, 5.74) is 1.97. The van der Waals surface area contributed by atoms with Crippen molar-refractivity contribution in [2.24, 2.45) is 5.92 Å². The Hall–Kier alpha value is -2.76. The summed E-state index contributed by atoms with van der Waals surface area (Å²) in [4.78, 5) is 2.18. The Morgan fingerprint density at radius 1 is 1.14 bits per heavy atom. The molecule has 9 heteroatoms. The molecule has 0 aromatic heterocycles. The lowest BCUT2D eigenvalue weighted by Gasteiger charge is -2.16. The lowest BCUT2D eigenvalue weighted by molar-refractivity contribution is -0.138. The summed E-state index contributed by atoms with van der Waals surface area (Å²) in [6.45, 7) is 19.5. The van der Waals surface area contributed by atoms with Gasteiger partial charge in [-0.05, 0) is 87.9 Å². The van der Waals surface area contributed by atoms with Gasteiger partial charge in [0.2, 0.25) is 0 Å². The lowest BCUT2D eigenvalue weighted by atomic mass is 10.1. The molecule has 0 amide bonds. The minimum atomic E-state index is -4.22. The molecule has 1 fully saturated rings. The Labute approximate surface area is 253 Å². The van der Waals surface area contributed by atoms with E-state index in [4.69, 9.17) is 16.9 Å². The number of nitriles is 1. The molecule has 0 spiro atoms. The number of hydrogen-bond acceptors (Lipinski definition) is 2. The molecule has 0 N–H and O–H groups in total. The zero-order chi connectivity index (χ0) is 33.0. The number of aryl methyl sites for hydroxylation is 2. The van der Waals surface area contributed by atoms with Crippen LogP contribution in [0.2, 0.25) is 5.02 Å². The van der Waals surface area contributed by atoms with Gasteiger partial charge in [-0.1, -0.05) is 70.1 Å². The van der Waals surface area contributed by atoms with Gasteiger partial charge in [0.1, 0.15) is 18.1 Å². The molecule has 0 bridgehead atoms. The van der Waals surface area contributed by atoms with Crippen LogP contribution < -0.4 is 0 Å². The van der Waals surface area contributed by atoms with Gasteiger partial charge in [0, 0.05) is 13.1 Å². The second kappa shape index (κ2) is 21.9. The number of likely N-dealkylation sites (tertiary alicyclic amines) is 1. The van der Waals surface area contributed by atoms with Crippen LogP contribution in [-0.2, 0) is 12.6 Å². The average molecular weight is 619 g/mol. The van der Waals surface area contributed by atoms with Crippen molar-refractivity contribution in [1.29, 1.82) is 5.26 Å². The third-order valence-corrected chi connectivity index (χ3v) is 5.99. The molecule has 3 rings (SSSR count). The molecule has 0 aliphatic carbocycles. The summed E-state index contributed by atoms with van der Waals surface area (Å²) in [6.07, 6.45) is -4.10. The van der Waals surface area contributed by atoms with Crippen LogP contribution >= 0.6 is 11.6 Å². The third kappa shape index (κ3) is 17.9. The molecule has 0 saturated carbocycles. The summed E-state index contributed by atoms with van der Waals surface area (Å²) >= 11 is 5.71. The van der Waals surface area contributed by atoms with E-state index < -0.39 is 23.7 Å². The number of alkyl halides is 4. The molecule has 2 aromatic carbocycles. The fourth-order valence-corrected chi connectivity index (χ4v) is 4.01. The van der Waals surface area contributed by atoms with Crippen LogP contribution in [0.5, 0.6) is 0 Å². The summed E-state index contributed by atoms with van der Waals surface area (Å²) in [5.74, 6) is -0.238. The average Bonchev–Trinajstić information content (AvgIpc) is 3.33. The van der Waals surface area contributed by atoms with Crippen molar-refractivity contribution in [3.8, 4) is 6.07 Å². The zero-order valence-corrected chi connectivity index (χ0v) is 26.7. The predicted molar refractivity (Wildman–Crippen MR) is 164 cm³/mol. The molecule has 2 unspecified atom stereocenters. The molecule has 42 heavy (non-hydrogen) atoms. The number of allylic oxidation sites excluding steroid dienone is 2. The van der Waals surface area contributed by atoms with E-state index in [0.717, 1.165) is 24.7 Å². The van der Waals surface area contributed by atoms with Crippen molar-refractivity contribution < 1.29 is 26.3 Å². The number of benzene rings is 2. The van der Waals surface area contributed by atoms with Crippen molar-refractivity contribution in [2.45, 2.75) is 80.6 Å². The van der Waals surface area contributed by atoms with Gasteiger partial charge in [-0.25, -0.2) is 13.2 Å². The minimum Gasteiger partial charge on any atom is -0.299 e. The number of rotatable bonds is 4. The van der Waals surface area contributed by atoms with Gasteiger partial charge in [-0.15, -0.1) is 0 Å². The maximum absolute atomic E-state index is 13.1. The highest BCUT2D eigenvalue weighted by atomic mass is 35.5. The van der Waals surface area contributed by atoms with Gasteiger partial charge in [0.25, 0.3) is 0 Å². The van der Waals surface area contributed by atoms with E-state index in [-0.39, 0.29) is 5.83 Å². The summed E-state index contributed by atoms with van der Waals surface area (Å²) in [5, 5.41) is 9.00. The Balaban J connectivity index is 0. The van der Waals surface area contributed by atoms with Gasteiger partial charge in [-0.3, -0.25) is 4.90 Å². The monoisotopic (exact) mass is 618 g/mol. The number of halogens is 7. The highest BCUT2D eigenvalue weighted by Gasteiger charge is 2.32. The standard InChI is InChI=1S/C11H19F2N.C9H9F3.C8H6ClN.C3H5F.C2H6/c1-8-4-5-14(6-8)7-9(2)11(13)10(3)12;1-2-7-5-3-4-6-8(7)9(10,11)12;1-6-2-3-7(5-10)8(9)4-6;1-3(2)4;1-2/h8,10H,4-7H2,1-3H3;3-6H,2H2,1H3;2-4H,1H3;1H2,2H3;1-2H3/b11-9-;;;;. The molecule has 0 radical (unpaired) electrons. The lowest BCUT2D eigenvalue weighted by Crippen LogP contribution is -2.23. The van der Waals surface area contributed by atoms with Crippen LogP contribution in [0, 0.1) is 24.2 Å². The zero-order valence-electron chi connectivity index (χ0n) is 26.0. The fraction of sp³-hybridized carbons (Fsp3) is 0.485. The van der Waals surface area contributed by atoms with Crippen LogP contribution in [0.3, 0.4) is 0 Å². The molecular formula is C33H45ClF6N2. The van der Waals surface area contributed by atoms with Crippen molar-refractivity contribution in [1.82, 2.24) is 4.90 Å². The van der Waals surface area contributed by atoms with E-state index >= 15 is 0 Å². The first-order valence-corrected chi connectivity index (χ1v) is 14.2. The van der Waals surface area contributed by atoms with Crippen molar-refractivity contribution in [3.05, 3.63) is 93.5 Å². The Bertz CT molecular complexity index is 1130. The van der Waals surface area contributed by atoms with Gasteiger partial charge >= 0.3 is 6.18 Å². The minimum absolute atomic E-state index is 0.333. The second-order valence-corrected chi connectivity index (χ2v) is 10.1. The van der Waals surface area contributed by atoms with Gasteiger partial charge < -0.3 is 0 Å². The SMILES string of the molecule is C/C(CN1CCC(C)C1)=C(/F)C(C)F.C=C(C)F.CC.CCc1ccccc1C(F)(F)F.Cc1ccc(C#N)c(Cl)c1. The van der Waals surface area contributed by atoms with Gasteiger partial charge in [0.05, 0.1) is 22.0 Å². The van der Waals surface area contributed by atoms with Crippen LogP contribution in [0.4, 0.5) is 26.3 Å². The molecule has 2 nitrogen and oxygen atoms in total. The molecular weight excluding hydrogens is 574 g/mol. The van der Waals surface area contributed by atoms with E-state index in [1.807, 2.05) is 32.9 Å². The van der Waals surface area contributed by atoms with Gasteiger partial charge in [0.15, 0.2) is 0 Å². The van der Waals surface area contributed by atoms with Gasteiger partial charge in [-0.2, -0.15) is 18.4 Å². The highest BCUT2D eigenvalue weighted by Crippen LogP contribution is 2.31. The van der Waals surface area contributed by atoms with Crippen LogP contribution in [-0.4, -0.2) is 30.7 Å². The van der Waals surface area contributed by atoms with E-state index in [2.05, 4.69) is 18.4 Å². The molecule has 1 aliphatic rings. The van der Waals surface area contributed by atoms with Crippen LogP contribution in [0.15, 0.2) is 66.3 Å². The summed E-state index contributed by atoms with van der Waals surface area (Å²) < 4.78 is 73.3. The molecule has 1 aliphatic heterocycles. The molecule has 1 saturated heterocycles. The highest BCUT2D eigenvalue weighted by molar-refractivity contribution is 6.31. The largest absolute Gasteiger partial charge is 0.416 e. The van der Waals surface area contributed by atoms with Crippen molar-refractivity contribution in [3.63, 3.8) is 0 Å². The summed E-state index contributed by atoms with van der Waals surface area (Å²) in [7, 11) is 0. The van der Waals surface area contributed by atoms with Crippen LogP contribution in [0.1, 0.15) is 77.1 Å². The van der Waals surface area contributed by atoms with E-state index in [1.54, 1.807) is 32.0 Å². The first kappa shape index (κ1) is 41.4. The molecule has 236 valence electrons. The number of nitrogens with zero attached hydrogens (tertiary/aromatic N) is 2. The predicted octanol–water partition coefficient (Wildman–Crippen LogP) is 11.2. The molecule has 2 atom stereocenters. The molecule has 1 heterocycles. The van der Waals surface area contributed by atoms with E-state index in [9.17, 15) is 26.3 Å². The van der Waals surface area contributed by atoms with Crippen molar-refractivity contribution >= 4 is 11.6 Å². The fourth-order valence-electron chi connectivity index (χ4n) is 3.74. The second-order valence-electron chi connectivity index (χ2n) is 9.65. The summed E-state index contributed by atoms with van der Waals surface area (Å²) in [6, 6.07) is 13.0. The third-order valence-electron chi connectivity index (χ3n) is 5.67. The smallest absolute Gasteiger partial charge is 0.299 e. The Kier molecular flexibility index (Phi) is 21.5. The normalized spacial score (nSPS) is 15.4. The molecule has 2 aromatic rings.